The van der Waals surface area contributed by atoms with Crippen molar-refractivity contribution in [2.75, 3.05) is 33.3 Å². The van der Waals surface area contributed by atoms with Crippen LogP contribution in [0.25, 0.3) is 0 Å². The summed E-state index contributed by atoms with van der Waals surface area (Å²) in [6.07, 6.45) is 1.87. The van der Waals surface area contributed by atoms with E-state index in [2.05, 4.69) is 32.7 Å². The molecule has 2 rings (SSSR count). The van der Waals surface area contributed by atoms with Crippen LogP contribution < -0.4 is 10.1 Å². The number of rotatable bonds is 4. The molecule has 1 aliphatic heterocycles. The number of piperazine rings is 1. The Hall–Kier alpha value is -0.460. The zero-order valence-electron chi connectivity index (χ0n) is 11.8. The lowest BCUT2D eigenvalue weighted by molar-refractivity contribution is 0.200. The molecule has 4 nitrogen and oxygen atoms in total. The molecule has 1 aromatic carbocycles. The average molecular weight is 400 g/mol. The van der Waals surface area contributed by atoms with Crippen LogP contribution in [0, 0.1) is 0 Å². The average Bonchev–Trinajstić information content (AvgIpc) is 2.44. The number of nitrogens with one attached hydrogen (secondary N) is 1. The van der Waals surface area contributed by atoms with Crippen LogP contribution in [-0.4, -0.2) is 43.3 Å². The fraction of sp³-hybridized carbons (Fsp3) is 0.429. The SMILES string of the molecule is C=C[C@H](c1cc(Br)cc(OC)c1O)N1CCNCC1.Cl.Cl. The number of nitrogens with zero attached hydrogens (tertiary/aromatic N) is 1. The molecule has 1 aromatic rings. The lowest BCUT2D eigenvalue weighted by atomic mass is 10.0. The predicted octanol–water partition coefficient (Wildman–Crippen LogP) is 3.14. The Morgan fingerprint density at radius 1 is 1.38 bits per heavy atom. The van der Waals surface area contributed by atoms with Crippen molar-refractivity contribution in [2.45, 2.75) is 6.04 Å². The highest BCUT2D eigenvalue weighted by Crippen LogP contribution is 2.39. The maximum absolute atomic E-state index is 10.3. The largest absolute Gasteiger partial charge is 0.504 e. The van der Waals surface area contributed by atoms with Crippen molar-refractivity contribution in [1.82, 2.24) is 10.2 Å². The normalized spacial score (nSPS) is 16.3. The fourth-order valence-corrected chi connectivity index (χ4v) is 2.86. The van der Waals surface area contributed by atoms with Gasteiger partial charge in [0.25, 0.3) is 0 Å². The van der Waals surface area contributed by atoms with Gasteiger partial charge >= 0.3 is 0 Å². The summed E-state index contributed by atoms with van der Waals surface area (Å²) >= 11 is 3.45. The molecule has 0 saturated carbocycles. The molecule has 120 valence electrons. The van der Waals surface area contributed by atoms with E-state index < -0.39 is 0 Å². The zero-order chi connectivity index (χ0) is 13.8. The summed E-state index contributed by atoms with van der Waals surface area (Å²) in [5, 5.41) is 13.6. The fourth-order valence-electron chi connectivity index (χ4n) is 2.41. The molecule has 2 N–H and O–H groups in total. The van der Waals surface area contributed by atoms with Crippen molar-refractivity contribution in [3.63, 3.8) is 0 Å². The first-order chi connectivity index (χ1) is 9.17. The van der Waals surface area contributed by atoms with Gasteiger partial charge in [-0.25, -0.2) is 0 Å². The van der Waals surface area contributed by atoms with Gasteiger partial charge in [-0.1, -0.05) is 22.0 Å². The molecule has 7 heteroatoms. The van der Waals surface area contributed by atoms with E-state index in [1.165, 1.54) is 0 Å². The molecule has 1 heterocycles. The monoisotopic (exact) mass is 398 g/mol. The van der Waals surface area contributed by atoms with Gasteiger partial charge in [-0.3, -0.25) is 4.90 Å². The Morgan fingerprint density at radius 2 is 2.00 bits per heavy atom. The standard InChI is InChI=1S/C14H19BrN2O2.2ClH/c1-3-12(17-6-4-16-5-7-17)11-8-10(15)9-13(19-2)14(11)18;;/h3,8-9,12,16,18H,1,4-7H2,2H3;2*1H/t12-;;/m1../s1. The van der Waals surface area contributed by atoms with Gasteiger partial charge in [0, 0.05) is 36.2 Å². The Kier molecular flexibility index (Phi) is 9.33. The zero-order valence-corrected chi connectivity index (χ0v) is 15.1. The molecule has 0 spiro atoms. The second kappa shape index (κ2) is 9.54. The maximum atomic E-state index is 10.3. The van der Waals surface area contributed by atoms with E-state index in [9.17, 15) is 5.11 Å². The van der Waals surface area contributed by atoms with Gasteiger partial charge < -0.3 is 15.2 Å². The number of hydrogen-bond acceptors (Lipinski definition) is 4. The van der Waals surface area contributed by atoms with Gasteiger partial charge in [-0.2, -0.15) is 0 Å². The number of hydrogen-bond donors (Lipinski definition) is 2. The predicted molar refractivity (Wildman–Crippen MR) is 94.2 cm³/mol. The first kappa shape index (κ1) is 20.5. The molecule has 1 aliphatic rings. The summed E-state index contributed by atoms with van der Waals surface area (Å²) in [6, 6.07) is 3.68. The summed E-state index contributed by atoms with van der Waals surface area (Å²) in [4.78, 5) is 2.30. The number of phenolic OH excluding ortho intramolecular Hbond substituents is 1. The van der Waals surface area contributed by atoms with Crippen molar-refractivity contribution in [2.24, 2.45) is 0 Å². The summed E-state index contributed by atoms with van der Waals surface area (Å²) in [6.45, 7) is 7.69. The van der Waals surface area contributed by atoms with Gasteiger partial charge in [0.15, 0.2) is 11.5 Å². The van der Waals surface area contributed by atoms with E-state index >= 15 is 0 Å². The van der Waals surface area contributed by atoms with Gasteiger partial charge in [0.05, 0.1) is 13.2 Å². The Bertz CT molecular complexity index is 469. The molecule has 0 amide bonds. The minimum atomic E-state index is -0.00602. The van der Waals surface area contributed by atoms with E-state index in [0.717, 1.165) is 36.2 Å². The number of methoxy groups -OCH3 is 1. The Labute approximate surface area is 146 Å². The van der Waals surface area contributed by atoms with Crippen LogP contribution in [0.4, 0.5) is 0 Å². The number of aromatic hydroxyl groups is 1. The van der Waals surface area contributed by atoms with Crippen molar-refractivity contribution in [1.29, 1.82) is 0 Å². The summed E-state index contributed by atoms with van der Waals surface area (Å²) in [5.74, 6) is 0.667. The Morgan fingerprint density at radius 3 is 2.52 bits per heavy atom. The molecular weight excluding hydrogens is 379 g/mol. The van der Waals surface area contributed by atoms with Crippen LogP contribution >= 0.6 is 40.7 Å². The molecule has 0 radical (unpaired) electrons. The van der Waals surface area contributed by atoms with E-state index in [1.807, 2.05) is 12.1 Å². The second-order valence-electron chi connectivity index (χ2n) is 4.51. The molecular formula is C14H21BrCl2N2O2. The van der Waals surface area contributed by atoms with Crippen LogP contribution in [0.2, 0.25) is 0 Å². The van der Waals surface area contributed by atoms with Gasteiger partial charge in [0.2, 0.25) is 0 Å². The molecule has 1 fully saturated rings. The third kappa shape index (κ3) is 4.76. The molecule has 0 bridgehead atoms. The smallest absolute Gasteiger partial charge is 0.162 e. The van der Waals surface area contributed by atoms with Crippen molar-refractivity contribution < 1.29 is 9.84 Å². The van der Waals surface area contributed by atoms with Crippen LogP contribution in [0.5, 0.6) is 11.5 Å². The number of halogens is 3. The van der Waals surface area contributed by atoms with Crippen LogP contribution in [0.3, 0.4) is 0 Å². The molecule has 1 saturated heterocycles. The number of ether oxygens (including phenoxy) is 1. The van der Waals surface area contributed by atoms with Crippen molar-refractivity contribution >= 4 is 40.7 Å². The molecule has 0 aliphatic carbocycles. The summed E-state index contributed by atoms with van der Waals surface area (Å²) < 4.78 is 6.09. The first-order valence-corrected chi connectivity index (χ1v) is 7.10. The highest BCUT2D eigenvalue weighted by molar-refractivity contribution is 9.10. The summed E-state index contributed by atoms with van der Waals surface area (Å²) in [5.41, 5.74) is 0.822. The lowest BCUT2D eigenvalue weighted by Crippen LogP contribution is -2.44. The van der Waals surface area contributed by atoms with Gasteiger partial charge in [-0.15, -0.1) is 31.4 Å². The van der Waals surface area contributed by atoms with E-state index in [0.29, 0.717) is 5.75 Å². The quantitative estimate of drug-likeness (QED) is 0.763. The third-order valence-corrected chi connectivity index (χ3v) is 3.83. The second-order valence-corrected chi connectivity index (χ2v) is 5.43. The van der Waals surface area contributed by atoms with Crippen LogP contribution in [0.15, 0.2) is 29.3 Å². The van der Waals surface area contributed by atoms with E-state index in [1.54, 1.807) is 13.2 Å². The summed E-state index contributed by atoms with van der Waals surface area (Å²) in [7, 11) is 1.55. The highest BCUT2D eigenvalue weighted by atomic mass is 79.9. The highest BCUT2D eigenvalue weighted by Gasteiger charge is 2.23. The maximum Gasteiger partial charge on any atom is 0.162 e. The lowest BCUT2D eigenvalue weighted by Gasteiger charge is -2.34. The minimum absolute atomic E-state index is 0. The molecule has 0 aromatic heterocycles. The van der Waals surface area contributed by atoms with Gasteiger partial charge in [-0.05, 0) is 12.1 Å². The molecule has 0 unspecified atom stereocenters. The Balaban J connectivity index is 0.00000200. The van der Waals surface area contributed by atoms with Crippen LogP contribution in [0.1, 0.15) is 11.6 Å². The van der Waals surface area contributed by atoms with Crippen molar-refractivity contribution in [3.8, 4) is 11.5 Å². The van der Waals surface area contributed by atoms with Gasteiger partial charge in [0.1, 0.15) is 0 Å². The number of benzene rings is 1. The first-order valence-electron chi connectivity index (χ1n) is 6.31. The topological polar surface area (TPSA) is 44.7 Å². The van der Waals surface area contributed by atoms with E-state index in [-0.39, 0.29) is 36.6 Å². The number of phenols is 1. The van der Waals surface area contributed by atoms with Crippen LogP contribution in [-0.2, 0) is 0 Å². The van der Waals surface area contributed by atoms with E-state index in [4.69, 9.17) is 4.74 Å². The third-order valence-electron chi connectivity index (χ3n) is 3.38. The minimum Gasteiger partial charge on any atom is -0.504 e. The van der Waals surface area contributed by atoms with Crippen molar-refractivity contribution in [3.05, 3.63) is 34.8 Å². The molecule has 1 atom stereocenters. The molecule has 21 heavy (non-hydrogen) atoms.